The predicted molar refractivity (Wildman–Crippen MR) is 58.5 cm³/mol. The molecule has 0 amide bonds. The van der Waals surface area contributed by atoms with Crippen molar-refractivity contribution >= 4 is 0 Å². The zero-order valence-electron chi connectivity index (χ0n) is 9.23. The molecule has 0 aromatic heterocycles. The summed E-state index contributed by atoms with van der Waals surface area (Å²) in [5.41, 5.74) is 0. The summed E-state index contributed by atoms with van der Waals surface area (Å²) in [7, 11) is 0. The second-order valence-electron chi connectivity index (χ2n) is 4.48. The van der Waals surface area contributed by atoms with Crippen LogP contribution in [-0.2, 0) is 0 Å². The lowest BCUT2D eigenvalue weighted by molar-refractivity contribution is 0.0881. The molecule has 1 fully saturated rings. The quantitative estimate of drug-likeness (QED) is 0.494. The molecule has 90 valence electrons. The van der Waals surface area contributed by atoms with Crippen LogP contribution in [0, 0.1) is 11.8 Å². The first-order valence-corrected chi connectivity index (χ1v) is 5.88. The van der Waals surface area contributed by atoms with E-state index in [1.54, 1.807) is 0 Å². The maximum atomic E-state index is 9.20. The second kappa shape index (κ2) is 7.17. The van der Waals surface area contributed by atoms with E-state index in [1.165, 1.54) is 12.8 Å². The lowest BCUT2D eigenvalue weighted by Gasteiger charge is -2.30. The Morgan fingerprint density at radius 3 is 2.40 bits per heavy atom. The number of aliphatic hydroxyl groups is 3. The average molecular weight is 217 g/mol. The van der Waals surface area contributed by atoms with E-state index in [-0.39, 0.29) is 13.2 Å². The highest BCUT2D eigenvalue weighted by Gasteiger charge is 2.23. The van der Waals surface area contributed by atoms with Crippen LogP contribution < -0.4 is 5.32 Å². The van der Waals surface area contributed by atoms with Crippen LogP contribution in [0.25, 0.3) is 0 Å². The van der Waals surface area contributed by atoms with Crippen LogP contribution in [0.4, 0.5) is 0 Å². The molecule has 4 N–H and O–H groups in total. The highest BCUT2D eigenvalue weighted by atomic mass is 16.3. The van der Waals surface area contributed by atoms with Crippen LogP contribution >= 0.6 is 0 Å². The molecule has 0 bridgehead atoms. The molecule has 1 aliphatic rings. The standard InChI is InChI=1S/C11H23NO3/c13-7-10-4-2-1-3-9(10)5-12-6-11(15)8-14/h9-15H,1-8H2. The summed E-state index contributed by atoms with van der Waals surface area (Å²) in [6.45, 7) is 1.35. The zero-order chi connectivity index (χ0) is 11.1. The van der Waals surface area contributed by atoms with Gasteiger partial charge >= 0.3 is 0 Å². The number of hydrogen-bond donors (Lipinski definition) is 4. The fourth-order valence-corrected chi connectivity index (χ4v) is 2.29. The Balaban J connectivity index is 2.17. The van der Waals surface area contributed by atoms with Crippen molar-refractivity contribution < 1.29 is 15.3 Å². The Labute approximate surface area is 91.3 Å². The summed E-state index contributed by atoms with van der Waals surface area (Å²) >= 11 is 0. The van der Waals surface area contributed by atoms with Crippen LogP contribution in [0.3, 0.4) is 0 Å². The van der Waals surface area contributed by atoms with Crippen molar-refractivity contribution in [2.45, 2.75) is 31.8 Å². The third-order valence-corrected chi connectivity index (χ3v) is 3.30. The number of aliphatic hydroxyl groups excluding tert-OH is 3. The van der Waals surface area contributed by atoms with Crippen LogP contribution in [-0.4, -0.2) is 47.7 Å². The van der Waals surface area contributed by atoms with Crippen molar-refractivity contribution in [1.29, 1.82) is 0 Å². The van der Waals surface area contributed by atoms with Crippen molar-refractivity contribution in [3.63, 3.8) is 0 Å². The molecule has 0 saturated heterocycles. The predicted octanol–water partition coefficient (Wildman–Crippen LogP) is -0.272. The van der Waals surface area contributed by atoms with Gasteiger partial charge in [-0.25, -0.2) is 0 Å². The van der Waals surface area contributed by atoms with Crippen molar-refractivity contribution in [3.05, 3.63) is 0 Å². The van der Waals surface area contributed by atoms with Crippen molar-refractivity contribution in [1.82, 2.24) is 5.32 Å². The van der Waals surface area contributed by atoms with Gasteiger partial charge < -0.3 is 20.6 Å². The van der Waals surface area contributed by atoms with E-state index in [2.05, 4.69) is 5.32 Å². The molecule has 0 radical (unpaired) electrons. The lowest BCUT2D eigenvalue weighted by Crippen LogP contribution is -2.36. The van der Waals surface area contributed by atoms with Crippen LogP contribution in [0.15, 0.2) is 0 Å². The molecule has 0 heterocycles. The van der Waals surface area contributed by atoms with Crippen molar-refractivity contribution in [2.24, 2.45) is 11.8 Å². The first-order chi connectivity index (χ1) is 7.27. The minimum absolute atomic E-state index is 0.193. The molecule has 3 unspecified atom stereocenters. The molecule has 4 nitrogen and oxygen atoms in total. The lowest BCUT2D eigenvalue weighted by atomic mass is 9.79. The Morgan fingerprint density at radius 2 is 1.80 bits per heavy atom. The van der Waals surface area contributed by atoms with Gasteiger partial charge in [0.1, 0.15) is 0 Å². The van der Waals surface area contributed by atoms with Gasteiger partial charge in [0.15, 0.2) is 0 Å². The molecule has 0 spiro atoms. The van der Waals surface area contributed by atoms with Gasteiger partial charge in [-0.05, 0) is 31.2 Å². The zero-order valence-corrected chi connectivity index (χ0v) is 9.23. The molecule has 0 aromatic rings. The molecule has 4 heteroatoms. The third-order valence-electron chi connectivity index (χ3n) is 3.30. The first-order valence-electron chi connectivity index (χ1n) is 5.88. The van der Waals surface area contributed by atoms with Gasteiger partial charge in [0, 0.05) is 13.2 Å². The summed E-state index contributed by atoms with van der Waals surface area (Å²) in [5.74, 6) is 0.937. The fraction of sp³-hybridized carbons (Fsp3) is 1.00. The van der Waals surface area contributed by atoms with E-state index in [1.807, 2.05) is 0 Å². The summed E-state index contributed by atoms with van der Waals surface area (Å²) in [5, 5.41) is 30.1. The SMILES string of the molecule is OCC(O)CNCC1CCCCC1CO. The van der Waals surface area contributed by atoms with E-state index >= 15 is 0 Å². The van der Waals surface area contributed by atoms with Crippen molar-refractivity contribution in [3.8, 4) is 0 Å². The first kappa shape index (κ1) is 12.9. The van der Waals surface area contributed by atoms with Crippen LogP contribution in [0.2, 0.25) is 0 Å². The van der Waals surface area contributed by atoms with Gasteiger partial charge in [-0.1, -0.05) is 12.8 Å². The maximum absolute atomic E-state index is 9.20. The summed E-state index contributed by atoms with van der Waals surface area (Å²) < 4.78 is 0. The van der Waals surface area contributed by atoms with Crippen LogP contribution in [0.5, 0.6) is 0 Å². The monoisotopic (exact) mass is 217 g/mol. The van der Waals surface area contributed by atoms with Gasteiger partial charge in [-0.3, -0.25) is 0 Å². The number of rotatable bonds is 6. The van der Waals surface area contributed by atoms with Gasteiger partial charge in [-0.15, -0.1) is 0 Å². The van der Waals surface area contributed by atoms with Crippen molar-refractivity contribution in [2.75, 3.05) is 26.3 Å². The highest BCUT2D eigenvalue weighted by Crippen LogP contribution is 2.28. The molecule has 1 rings (SSSR count). The number of nitrogens with one attached hydrogen (secondary N) is 1. The average Bonchev–Trinajstić information content (AvgIpc) is 2.29. The van der Waals surface area contributed by atoms with E-state index in [0.29, 0.717) is 18.4 Å². The van der Waals surface area contributed by atoms with E-state index in [0.717, 1.165) is 19.4 Å². The third kappa shape index (κ3) is 4.47. The molecular weight excluding hydrogens is 194 g/mol. The molecule has 0 aromatic carbocycles. The minimum atomic E-state index is -0.666. The Hall–Kier alpha value is -0.160. The second-order valence-corrected chi connectivity index (χ2v) is 4.48. The Kier molecular flexibility index (Phi) is 6.17. The van der Waals surface area contributed by atoms with E-state index in [4.69, 9.17) is 10.2 Å². The smallest absolute Gasteiger partial charge is 0.0894 e. The molecule has 1 aliphatic carbocycles. The highest BCUT2D eigenvalue weighted by molar-refractivity contribution is 4.77. The van der Waals surface area contributed by atoms with E-state index < -0.39 is 6.10 Å². The van der Waals surface area contributed by atoms with E-state index in [9.17, 15) is 5.11 Å². The molecular formula is C11H23NO3. The van der Waals surface area contributed by atoms with Gasteiger partial charge in [0.05, 0.1) is 12.7 Å². The van der Waals surface area contributed by atoms with Gasteiger partial charge in [0.25, 0.3) is 0 Å². The van der Waals surface area contributed by atoms with Gasteiger partial charge in [-0.2, -0.15) is 0 Å². The Morgan fingerprint density at radius 1 is 1.13 bits per heavy atom. The van der Waals surface area contributed by atoms with Gasteiger partial charge in [0.2, 0.25) is 0 Å². The molecule has 3 atom stereocenters. The summed E-state index contributed by atoms with van der Waals surface area (Å²) in [6, 6.07) is 0. The normalized spacial score (nSPS) is 29.0. The van der Waals surface area contributed by atoms with Crippen LogP contribution in [0.1, 0.15) is 25.7 Å². The number of hydrogen-bond acceptors (Lipinski definition) is 4. The maximum Gasteiger partial charge on any atom is 0.0894 e. The largest absolute Gasteiger partial charge is 0.396 e. The summed E-state index contributed by atoms with van der Waals surface area (Å²) in [4.78, 5) is 0. The molecule has 15 heavy (non-hydrogen) atoms. The Bertz CT molecular complexity index is 166. The molecule has 1 saturated carbocycles. The topological polar surface area (TPSA) is 72.7 Å². The molecule has 0 aliphatic heterocycles. The minimum Gasteiger partial charge on any atom is -0.396 e. The fourth-order valence-electron chi connectivity index (χ4n) is 2.29. The summed E-state index contributed by atoms with van der Waals surface area (Å²) in [6.07, 6.45) is 4.08.